The Balaban J connectivity index is 2.07. The van der Waals surface area contributed by atoms with Crippen molar-refractivity contribution in [3.8, 4) is 0 Å². The Bertz CT molecular complexity index is 537. The molecule has 0 radical (unpaired) electrons. The van der Waals surface area contributed by atoms with Crippen molar-refractivity contribution in [1.29, 1.82) is 0 Å². The van der Waals surface area contributed by atoms with Crippen molar-refractivity contribution in [3.63, 3.8) is 0 Å². The zero-order chi connectivity index (χ0) is 20.5. The standard InChI is InChI=1S/C12H22O14S/c13-1-3-5(15)7(17)9(19)11(23-3)25-27(21,22)26-12-10(20)8(18)6(16)4(2-14)24-12/h3-20H,1-2H2/t3-,4-,5-,6-,7+,8+,9-,10-,11?,12?/m1/s1. The SMILES string of the molecule is O=S(=O)(OC1O[C@H](CO)[C@@H](O)[C@H](O)[C@H]1O)OC1O[C@H](CO)[C@@H](O)[C@H](O)[C@H]1O. The van der Waals surface area contributed by atoms with Crippen molar-refractivity contribution in [3.05, 3.63) is 0 Å². The third-order valence-electron chi connectivity index (χ3n) is 4.12. The summed E-state index contributed by atoms with van der Waals surface area (Å²) in [6, 6.07) is 0. The maximum Gasteiger partial charge on any atom is 0.405 e. The average Bonchev–Trinajstić information content (AvgIpc) is 2.62. The highest BCUT2D eigenvalue weighted by atomic mass is 32.3. The normalized spacial score (nSPS) is 46.4. The van der Waals surface area contributed by atoms with Gasteiger partial charge in [0, 0.05) is 0 Å². The van der Waals surface area contributed by atoms with Crippen molar-refractivity contribution >= 4 is 10.4 Å². The summed E-state index contributed by atoms with van der Waals surface area (Å²) in [7, 11) is -5.11. The zero-order valence-electron chi connectivity index (χ0n) is 13.6. The number of aliphatic hydroxyl groups excluding tert-OH is 8. The van der Waals surface area contributed by atoms with Crippen LogP contribution in [0.25, 0.3) is 0 Å². The van der Waals surface area contributed by atoms with Crippen LogP contribution in [0.2, 0.25) is 0 Å². The van der Waals surface area contributed by atoms with E-state index >= 15 is 0 Å². The molecule has 2 saturated heterocycles. The Kier molecular flexibility index (Phi) is 7.47. The molecular formula is C12H22O14S. The summed E-state index contributed by atoms with van der Waals surface area (Å²) in [5, 5.41) is 76.0. The fraction of sp³-hybridized carbons (Fsp3) is 1.00. The van der Waals surface area contributed by atoms with Gasteiger partial charge in [-0.1, -0.05) is 0 Å². The van der Waals surface area contributed by atoms with Crippen molar-refractivity contribution in [2.75, 3.05) is 13.2 Å². The second kappa shape index (κ2) is 8.87. The van der Waals surface area contributed by atoms with E-state index < -0.39 is 85.0 Å². The van der Waals surface area contributed by atoms with Crippen molar-refractivity contribution in [1.82, 2.24) is 0 Å². The Morgan fingerprint density at radius 2 is 0.963 bits per heavy atom. The lowest BCUT2D eigenvalue weighted by Gasteiger charge is -2.40. The number of rotatable bonds is 6. The first kappa shape index (κ1) is 22.8. The molecule has 0 aromatic carbocycles. The van der Waals surface area contributed by atoms with Crippen LogP contribution in [0.5, 0.6) is 0 Å². The molecule has 0 spiro atoms. The minimum Gasteiger partial charge on any atom is -0.394 e. The van der Waals surface area contributed by atoms with Gasteiger partial charge in [-0.2, -0.15) is 8.42 Å². The predicted molar refractivity (Wildman–Crippen MR) is 78.6 cm³/mol. The molecule has 0 saturated carbocycles. The molecule has 2 aliphatic rings. The minimum absolute atomic E-state index is 0.835. The van der Waals surface area contributed by atoms with Gasteiger partial charge in [0.25, 0.3) is 0 Å². The van der Waals surface area contributed by atoms with Crippen molar-refractivity contribution in [2.45, 2.75) is 61.4 Å². The maximum atomic E-state index is 12.0. The molecule has 0 bridgehead atoms. The molecule has 14 nitrogen and oxygen atoms in total. The first-order valence-electron chi connectivity index (χ1n) is 7.75. The van der Waals surface area contributed by atoms with Crippen LogP contribution in [0.1, 0.15) is 0 Å². The molecule has 0 aromatic rings. The van der Waals surface area contributed by atoms with Crippen LogP contribution in [-0.2, 0) is 28.2 Å². The summed E-state index contributed by atoms with van der Waals surface area (Å²) in [4.78, 5) is 0. The lowest BCUT2D eigenvalue weighted by Crippen LogP contribution is -2.61. The van der Waals surface area contributed by atoms with Crippen LogP contribution in [0.15, 0.2) is 0 Å². The Morgan fingerprint density at radius 1 is 0.630 bits per heavy atom. The van der Waals surface area contributed by atoms with E-state index in [2.05, 4.69) is 8.37 Å². The monoisotopic (exact) mass is 422 g/mol. The highest BCUT2D eigenvalue weighted by Gasteiger charge is 2.49. The van der Waals surface area contributed by atoms with E-state index in [1.807, 2.05) is 0 Å². The van der Waals surface area contributed by atoms with Gasteiger partial charge in [0.05, 0.1) is 13.2 Å². The minimum atomic E-state index is -5.11. The van der Waals surface area contributed by atoms with Crippen LogP contribution < -0.4 is 0 Å². The molecule has 2 unspecified atom stereocenters. The smallest absolute Gasteiger partial charge is 0.394 e. The van der Waals surface area contributed by atoms with Crippen LogP contribution in [0.3, 0.4) is 0 Å². The zero-order valence-corrected chi connectivity index (χ0v) is 14.4. The quantitative estimate of drug-likeness (QED) is 0.199. The third-order valence-corrected chi connectivity index (χ3v) is 4.97. The largest absolute Gasteiger partial charge is 0.405 e. The Labute approximate surface area is 153 Å². The molecule has 2 aliphatic heterocycles. The van der Waals surface area contributed by atoms with Gasteiger partial charge in [0.15, 0.2) is 0 Å². The topological polar surface area (TPSA) is 233 Å². The summed E-state index contributed by atoms with van der Waals surface area (Å²) < 4.78 is 42.5. The van der Waals surface area contributed by atoms with Gasteiger partial charge in [0.2, 0.25) is 12.6 Å². The number of ether oxygens (including phenoxy) is 2. The van der Waals surface area contributed by atoms with Crippen LogP contribution in [-0.4, -0.2) is 124 Å². The lowest BCUT2D eigenvalue weighted by atomic mass is 9.99. The van der Waals surface area contributed by atoms with E-state index in [0.717, 1.165) is 0 Å². The summed E-state index contributed by atoms with van der Waals surface area (Å²) >= 11 is 0. The average molecular weight is 422 g/mol. The van der Waals surface area contributed by atoms with Gasteiger partial charge in [0.1, 0.15) is 48.8 Å². The first-order valence-corrected chi connectivity index (χ1v) is 9.08. The van der Waals surface area contributed by atoms with Gasteiger partial charge < -0.3 is 50.3 Å². The van der Waals surface area contributed by atoms with Crippen molar-refractivity contribution < 1.29 is 67.1 Å². The molecule has 0 aliphatic carbocycles. The van der Waals surface area contributed by atoms with E-state index in [4.69, 9.17) is 19.7 Å². The Hall–Kier alpha value is -0.530. The molecule has 8 N–H and O–H groups in total. The second-order valence-electron chi connectivity index (χ2n) is 6.00. The molecule has 0 amide bonds. The highest BCUT2D eigenvalue weighted by Crippen LogP contribution is 2.27. The van der Waals surface area contributed by atoms with Gasteiger partial charge in [-0.15, -0.1) is 0 Å². The van der Waals surface area contributed by atoms with Crippen LogP contribution >= 0.6 is 0 Å². The highest BCUT2D eigenvalue weighted by molar-refractivity contribution is 7.81. The lowest BCUT2D eigenvalue weighted by molar-refractivity contribution is -0.290. The van der Waals surface area contributed by atoms with Crippen LogP contribution in [0.4, 0.5) is 0 Å². The predicted octanol–water partition coefficient (Wildman–Crippen LogP) is -6.14. The summed E-state index contributed by atoms with van der Waals surface area (Å²) in [5.41, 5.74) is 0. The van der Waals surface area contributed by atoms with E-state index in [9.17, 15) is 39.1 Å². The molecule has 2 rings (SSSR count). The van der Waals surface area contributed by atoms with Gasteiger partial charge in [-0.25, -0.2) is 8.37 Å². The van der Waals surface area contributed by atoms with E-state index in [-0.39, 0.29) is 0 Å². The van der Waals surface area contributed by atoms with E-state index in [1.54, 1.807) is 0 Å². The van der Waals surface area contributed by atoms with E-state index in [0.29, 0.717) is 0 Å². The number of aliphatic hydroxyl groups is 8. The van der Waals surface area contributed by atoms with Gasteiger partial charge in [-0.05, 0) is 0 Å². The number of hydrogen-bond acceptors (Lipinski definition) is 14. The molecule has 2 heterocycles. The summed E-state index contributed by atoms with van der Waals surface area (Å²) in [5.74, 6) is 0. The number of hydrogen-bond donors (Lipinski definition) is 8. The van der Waals surface area contributed by atoms with Gasteiger partial charge >= 0.3 is 10.4 Å². The fourth-order valence-electron chi connectivity index (χ4n) is 2.55. The third kappa shape index (κ3) is 4.91. The molecule has 160 valence electrons. The van der Waals surface area contributed by atoms with Crippen molar-refractivity contribution in [2.24, 2.45) is 0 Å². The summed E-state index contributed by atoms with van der Waals surface area (Å²) in [6.45, 7) is -1.67. The molecule has 2 fully saturated rings. The van der Waals surface area contributed by atoms with Crippen LogP contribution in [0, 0.1) is 0 Å². The maximum absolute atomic E-state index is 12.0. The molecule has 10 atom stereocenters. The van der Waals surface area contributed by atoms with Gasteiger partial charge in [-0.3, -0.25) is 0 Å². The second-order valence-corrected chi connectivity index (χ2v) is 7.20. The summed E-state index contributed by atoms with van der Waals surface area (Å²) in [6.07, 6.45) is -18.5. The molecule has 0 aromatic heterocycles. The van der Waals surface area contributed by atoms with E-state index in [1.165, 1.54) is 0 Å². The molecular weight excluding hydrogens is 400 g/mol. The molecule has 27 heavy (non-hydrogen) atoms. The first-order chi connectivity index (χ1) is 12.5. The fourth-order valence-corrected chi connectivity index (χ4v) is 3.38. The Morgan fingerprint density at radius 3 is 1.26 bits per heavy atom. The molecule has 15 heteroatoms.